The van der Waals surface area contributed by atoms with Crippen LogP contribution in [0.2, 0.25) is 0 Å². The molecule has 1 atom stereocenters. The van der Waals surface area contributed by atoms with E-state index in [2.05, 4.69) is 31.9 Å². The standard InChI is InChI=1S/C16H9Br2ClO/c17-16(18)11-7-3-1-5-9(11)14-13(15(16)19)10-6-2-4-8-12(10)20-14/h1-8,15H/i1D,2D,3D,4D,5D,6D,7D,8D. The van der Waals surface area contributed by atoms with Gasteiger partial charge in [0.2, 0.25) is 0 Å². The van der Waals surface area contributed by atoms with Crippen molar-refractivity contribution in [3.63, 3.8) is 0 Å². The number of rotatable bonds is 0. The Labute approximate surface area is 149 Å². The number of para-hydroxylation sites is 1. The normalized spacial score (nSPS) is 25.2. The summed E-state index contributed by atoms with van der Waals surface area (Å²) >= 11 is 13.5. The van der Waals surface area contributed by atoms with Gasteiger partial charge in [-0.1, -0.05) is 74.2 Å². The van der Waals surface area contributed by atoms with E-state index in [0.717, 1.165) is 0 Å². The average molecular weight is 421 g/mol. The lowest BCUT2D eigenvalue weighted by atomic mass is 9.89. The average Bonchev–Trinajstić information content (AvgIpc) is 3.04. The number of fused-ring (bicyclic) bond motifs is 5. The van der Waals surface area contributed by atoms with Gasteiger partial charge in [0.05, 0.1) is 16.3 Å². The molecule has 2 aromatic carbocycles. The molecule has 0 amide bonds. The Balaban J connectivity index is 2.30. The zero-order valence-corrected chi connectivity index (χ0v) is 13.5. The van der Waals surface area contributed by atoms with E-state index in [4.69, 9.17) is 27.0 Å². The molecule has 0 bridgehead atoms. The van der Waals surface area contributed by atoms with Crippen molar-refractivity contribution >= 4 is 54.4 Å². The lowest BCUT2D eigenvalue weighted by molar-refractivity contribution is 0.617. The zero-order valence-electron chi connectivity index (χ0n) is 17.6. The zero-order chi connectivity index (χ0) is 20.9. The van der Waals surface area contributed by atoms with Crippen LogP contribution in [0.3, 0.4) is 0 Å². The number of halogens is 3. The van der Waals surface area contributed by atoms with Gasteiger partial charge in [0.15, 0.2) is 0 Å². The Morgan fingerprint density at radius 1 is 1.10 bits per heavy atom. The van der Waals surface area contributed by atoms with E-state index in [-0.39, 0.29) is 57.6 Å². The maximum absolute atomic E-state index is 8.35. The largest absolute Gasteiger partial charge is 0.456 e. The first-order chi connectivity index (χ1) is 12.9. The Morgan fingerprint density at radius 2 is 1.80 bits per heavy atom. The molecule has 0 saturated carbocycles. The molecule has 4 heteroatoms. The Bertz CT molecular complexity index is 1210. The van der Waals surface area contributed by atoms with Crippen molar-refractivity contribution in [3.05, 3.63) is 59.5 Å². The number of hydrogen-bond acceptors (Lipinski definition) is 1. The maximum atomic E-state index is 8.35. The van der Waals surface area contributed by atoms with Crippen molar-refractivity contribution in [2.75, 3.05) is 0 Å². The summed E-state index contributed by atoms with van der Waals surface area (Å²) in [4.78, 5) is 0. The van der Waals surface area contributed by atoms with Crippen LogP contribution in [0.15, 0.2) is 52.8 Å². The van der Waals surface area contributed by atoms with Crippen molar-refractivity contribution in [2.45, 2.75) is 8.61 Å². The van der Waals surface area contributed by atoms with Gasteiger partial charge < -0.3 is 4.42 Å². The van der Waals surface area contributed by atoms with Crippen LogP contribution in [0, 0.1) is 0 Å². The monoisotopic (exact) mass is 418 g/mol. The first-order valence-electron chi connectivity index (χ1n) is 9.58. The molecule has 1 aromatic heterocycles. The lowest BCUT2D eigenvalue weighted by Crippen LogP contribution is -2.21. The molecule has 1 nitrogen and oxygen atoms in total. The molecule has 100 valence electrons. The summed E-state index contributed by atoms with van der Waals surface area (Å²) in [6, 6.07) is -3.16. The van der Waals surface area contributed by atoms with Crippen molar-refractivity contribution in [2.24, 2.45) is 0 Å². The van der Waals surface area contributed by atoms with Crippen LogP contribution in [-0.4, -0.2) is 0 Å². The van der Waals surface area contributed by atoms with Crippen LogP contribution in [-0.2, 0) is 3.23 Å². The van der Waals surface area contributed by atoms with Gasteiger partial charge in [-0.3, -0.25) is 0 Å². The summed E-state index contributed by atoms with van der Waals surface area (Å²) in [6.07, 6.45) is 0. The molecule has 0 fully saturated rings. The fourth-order valence-corrected chi connectivity index (χ4v) is 3.68. The minimum Gasteiger partial charge on any atom is -0.456 e. The van der Waals surface area contributed by atoms with E-state index in [0.29, 0.717) is 0 Å². The van der Waals surface area contributed by atoms with Crippen LogP contribution in [0.4, 0.5) is 0 Å². The van der Waals surface area contributed by atoms with Crippen LogP contribution >= 0.6 is 43.5 Å². The highest BCUT2D eigenvalue weighted by Gasteiger charge is 2.45. The number of hydrogen-bond donors (Lipinski definition) is 0. The van der Waals surface area contributed by atoms with Gasteiger partial charge in [0, 0.05) is 16.5 Å². The molecule has 1 unspecified atom stereocenters. The molecule has 0 saturated heterocycles. The molecule has 0 radical (unpaired) electrons. The predicted molar refractivity (Wildman–Crippen MR) is 89.8 cm³/mol. The molecule has 20 heavy (non-hydrogen) atoms. The highest BCUT2D eigenvalue weighted by Crippen LogP contribution is 2.61. The molecule has 1 aliphatic rings. The third kappa shape index (κ3) is 1.60. The quantitative estimate of drug-likeness (QED) is 0.387. The van der Waals surface area contributed by atoms with Gasteiger partial charge in [0.1, 0.15) is 14.6 Å². The molecule has 0 N–H and O–H groups in total. The molecule has 0 spiro atoms. The van der Waals surface area contributed by atoms with E-state index >= 15 is 0 Å². The van der Waals surface area contributed by atoms with Crippen LogP contribution in [0.5, 0.6) is 0 Å². The molecular formula is C16H9Br2ClO. The summed E-state index contributed by atoms with van der Waals surface area (Å²) < 4.78 is 69.3. The third-order valence-electron chi connectivity index (χ3n) is 3.19. The van der Waals surface area contributed by atoms with Gasteiger partial charge in [-0.25, -0.2) is 0 Å². The van der Waals surface area contributed by atoms with Gasteiger partial charge in [0.25, 0.3) is 0 Å². The van der Waals surface area contributed by atoms with E-state index in [1.807, 2.05) is 0 Å². The van der Waals surface area contributed by atoms with E-state index in [1.54, 1.807) is 0 Å². The summed E-state index contributed by atoms with van der Waals surface area (Å²) in [5, 5.41) is -0.905. The summed E-state index contributed by atoms with van der Waals surface area (Å²) in [6.45, 7) is 0. The molecule has 1 aliphatic carbocycles. The number of furan rings is 1. The Kier molecular flexibility index (Phi) is 1.52. The topological polar surface area (TPSA) is 13.1 Å². The SMILES string of the molecule is [2H]c1c([2H])c([2H])c2c(c1[2H])-c1oc3c([2H])c([2H])c([2H])c([2H])c3c1C(Cl)C2(Br)Br. The predicted octanol–water partition coefficient (Wildman–Crippen LogP) is 6.34. The van der Waals surface area contributed by atoms with Gasteiger partial charge >= 0.3 is 0 Å². The van der Waals surface area contributed by atoms with Crippen LogP contribution in [0.25, 0.3) is 22.3 Å². The van der Waals surface area contributed by atoms with Gasteiger partial charge in [-0.15, -0.1) is 11.6 Å². The highest BCUT2D eigenvalue weighted by atomic mass is 79.9. The second-order valence-corrected chi connectivity index (χ2v) is 8.29. The molecule has 0 aliphatic heterocycles. The second-order valence-electron chi connectivity index (χ2n) is 4.28. The third-order valence-corrected chi connectivity index (χ3v) is 5.97. The van der Waals surface area contributed by atoms with Crippen molar-refractivity contribution in [1.29, 1.82) is 0 Å². The van der Waals surface area contributed by atoms with E-state index in [9.17, 15) is 0 Å². The Morgan fingerprint density at radius 3 is 2.65 bits per heavy atom. The summed E-state index contributed by atoms with van der Waals surface area (Å²) in [5.74, 6) is 0.0125. The van der Waals surface area contributed by atoms with Crippen LogP contribution in [0.1, 0.15) is 27.5 Å². The highest BCUT2D eigenvalue weighted by molar-refractivity contribution is 9.24. The van der Waals surface area contributed by atoms with Crippen LogP contribution < -0.4 is 0 Å². The summed E-state index contributed by atoms with van der Waals surface area (Å²) in [7, 11) is 0. The molecule has 3 aromatic rings. The minimum absolute atomic E-state index is 0.0125. The molecule has 1 heterocycles. The number of benzene rings is 2. The van der Waals surface area contributed by atoms with Crippen molar-refractivity contribution < 1.29 is 15.4 Å². The fraction of sp³-hybridized carbons (Fsp3) is 0.125. The van der Waals surface area contributed by atoms with Crippen molar-refractivity contribution in [1.82, 2.24) is 0 Å². The number of alkyl halides is 3. The smallest absolute Gasteiger partial charge is 0.140 e. The fourth-order valence-electron chi connectivity index (χ4n) is 2.31. The Hall–Kier alpha value is -0.770. The maximum Gasteiger partial charge on any atom is 0.140 e. The van der Waals surface area contributed by atoms with Crippen molar-refractivity contribution in [3.8, 4) is 11.3 Å². The van der Waals surface area contributed by atoms with Gasteiger partial charge in [-0.2, -0.15) is 0 Å². The second kappa shape index (κ2) is 4.36. The van der Waals surface area contributed by atoms with E-state index < -0.39 is 32.8 Å². The molecule has 4 rings (SSSR count). The first kappa shape index (κ1) is 6.99. The van der Waals surface area contributed by atoms with E-state index in [1.165, 1.54) is 0 Å². The molecular weight excluding hydrogens is 403 g/mol. The van der Waals surface area contributed by atoms with Gasteiger partial charge in [-0.05, 0) is 11.6 Å². The summed E-state index contributed by atoms with van der Waals surface area (Å²) in [5.41, 5.74) is 0.313. The lowest BCUT2D eigenvalue weighted by Gasteiger charge is -2.32. The first-order valence-corrected chi connectivity index (χ1v) is 7.60. The minimum atomic E-state index is -1.31.